The van der Waals surface area contributed by atoms with Crippen LogP contribution in [0, 0.1) is 5.92 Å². The van der Waals surface area contributed by atoms with E-state index in [9.17, 15) is 0 Å². The SMILES string of the molecule is COc1ccc(-c2nnc3n2CCC(C)C3)cc1. The summed E-state index contributed by atoms with van der Waals surface area (Å²) in [6.45, 7) is 3.29. The Hall–Kier alpha value is -1.84. The number of aromatic nitrogens is 3. The molecule has 0 spiro atoms. The van der Waals surface area contributed by atoms with E-state index in [1.807, 2.05) is 24.3 Å². The molecule has 1 aromatic carbocycles. The molecule has 0 saturated heterocycles. The third-order valence-corrected chi connectivity index (χ3v) is 3.55. The average molecular weight is 243 g/mol. The van der Waals surface area contributed by atoms with Gasteiger partial charge in [-0.2, -0.15) is 0 Å². The van der Waals surface area contributed by atoms with Crippen LogP contribution in [0.25, 0.3) is 11.4 Å². The zero-order valence-electron chi connectivity index (χ0n) is 10.8. The average Bonchev–Trinajstić information content (AvgIpc) is 2.81. The van der Waals surface area contributed by atoms with Gasteiger partial charge in [-0.1, -0.05) is 6.92 Å². The second-order valence-electron chi connectivity index (χ2n) is 4.92. The molecule has 0 N–H and O–H groups in total. The van der Waals surface area contributed by atoms with Gasteiger partial charge in [-0.3, -0.25) is 0 Å². The van der Waals surface area contributed by atoms with E-state index >= 15 is 0 Å². The van der Waals surface area contributed by atoms with E-state index < -0.39 is 0 Å². The van der Waals surface area contributed by atoms with Crippen molar-refractivity contribution < 1.29 is 4.74 Å². The summed E-state index contributed by atoms with van der Waals surface area (Å²) < 4.78 is 7.41. The molecule has 0 bridgehead atoms. The van der Waals surface area contributed by atoms with E-state index in [0.29, 0.717) is 5.92 Å². The van der Waals surface area contributed by atoms with Crippen LogP contribution in [0.3, 0.4) is 0 Å². The molecule has 1 atom stereocenters. The summed E-state index contributed by atoms with van der Waals surface area (Å²) in [5.74, 6) is 3.66. The normalized spacial score (nSPS) is 18.4. The second kappa shape index (κ2) is 4.44. The molecule has 0 amide bonds. The van der Waals surface area contributed by atoms with Crippen molar-refractivity contribution in [3.05, 3.63) is 30.1 Å². The Morgan fingerprint density at radius 1 is 1.22 bits per heavy atom. The van der Waals surface area contributed by atoms with E-state index in [2.05, 4.69) is 21.7 Å². The smallest absolute Gasteiger partial charge is 0.163 e. The molecule has 0 saturated carbocycles. The van der Waals surface area contributed by atoms with Gasteiger partial charge in [0.15, 0.2) is 5.82 Å². The van der Waals surface area contributed by atoms with Gasteiger partial charge >= 0.3 is 0 Å². The quantitative estimate of drug-likeness (QED) is 0.813. The zero-order valence-corrected chi connectivity index (χ0v) is 10.8. The summed E-state index contributed by atoms with van der Waals surface area (Å²) in [5, 5.41) is 8.64. The van der Waals surface area contributed by atoms with Crippen molar-refractivity contribution in [2.45, 2.75) is 26.3 Å². The van der Waals surface area contributed by atoms with Crippen LogP contribution in [0.2, 0.25) is 0 Å². The summed E-state index contributed by atoms with van der Waals surface area (Å²) >= 11 is 0. The maximum Gasteiger partial charge on any atom is 0.163 e. The van der Waals surface area contributed by atoms with Crippen LogP contribution in [0.15, 0.2) is 24.3 Å². The van der Waals surface area contributed by atoms with E-state index in [1.165, 1.54) is 6.42 Å². The lowest BCUT2D eigenvalue weighted by atomic mass is 10.00. The second-order valence-corrected chi connectivity index (χ2v) is 4.92. The highest BCUT2D eigenvalue weighted by atomic mass is 16.5. The Bertz CT molecular complexity index is 545. The van der Waals surface area contributed by atoms with Crippen molar-refractivity contribution in [2.75, 3.05) is 7.11 Å². The Balaban J connectivity index is 1.97. The first-order valence-electron chi connectivity index (χ1n) is 6.34. The topological polar surface area (TPSA) is 39.9 Å². The van der Waals surface area contributed by atoms with E-state index in [0.717, 1.165) is 35.9 Å². The monoisotopic (exact) mass is 243 g/mol. The highest BCUT2D eigenvalue weighted by Gasteiger charge is 2.20. The number of hydrogen-bond donors (Lipinski definition) is 0. The number of nitrogens with zero attached hydrogens (tertiary/aromatic N) is 3. The van der Waals surface area contributed by atoms with Gasteiger partial charge < -0.3 is 9.30 Å². The number of fused-ring (bicyclic) bond motifs is 1. The molecule has 0 fully saturated rings. The molecule has 18 heavy (non-hydrogen) atoms. The first-order chi connectivity index (χ1) is 8.78. The molecular weight excluding hydrogens is 226 g/mol. The summed E-state index contributed by atoms with van der Waals surface area (Å²) in [7, 11) is 1.68. The van der Waals surface area contributed by atoms with Crippen molar-refractivity contribution in [2.24, 2.45) is 5.92 Å². The van der Waals surface area contributed by atoms with Crippen molar-refractivity contribution in [3.8, 4) is 17.1 Å². The van der Waals surface area contributed by atoms with Crippen molar-refractivity contribution in [1.29, 1.82) is 0 Å². The largest absolute Gasteiger partial charge is 0.497 e. The zero-order chi connectivity index (χ0) is 12.5. The highest BCUT2D eigenvalue weighted by Crippen LogP contribution is 2.26. The molecule has 0 aliphatic carbocycles. The van der Waals surface area contributed by atoms with Gasteiger partial charge in [0.05, 0.1) is 7.11 Å². The van der Waals surface area contributed by atoms with Crippen LogP contribution in [0.4, 0.5) is 0 Å². The predicted octanol–water partition coefficient (Wildman–Crippen LogP) is 2.54. The lowest BCUT2D eigenvalue weighted by Gasteiger charge is -2.20. The van der Waals surface area contributed by atoms with Crippen LogP contribution in [0.5, 0.6) is 5.75 Å². The fourth-order valence-corrected chi connectivity index (χ4v) is 2.44. The molecule has 4 nitrogen and oxygen atoms in total. The number of rotatable bonds is 2. The molecular formula is C14H17N3O. The van der Waals surface area contributed by atoms with Crippen molar-refractivity contribution >= 4 is 0 Å². The summed E-state index contributed by atoms with van der Waals surface area (Å²) in [4.78, 5) is 0. The molecule has 3 rings (SSSR count). The molecule has 0 radical (unpaired) electrons. The first kappa shape index (κ1) is 11.3. The van der Waals surface area contributed by atoms with Crippen LogP contribution >= 0.6 is 0 Å². The Morgan fingerprint density at radius 2 is 2.00 bits per heavy atom. The van der Waals surface area contributed by atoms with Crippen LogP contribution in [-0.2, 0) is 13.0 Å². The molecule has 1 aliphatic rings. The van der Waals surface area contributed by atoms with Gasteiger partial charge in [0.2, 0.25) is 0 Å². The lowest BCUT2D eigenvalue weighted by Crippen LogP contribution is -2.17. The van der Waals surface area contributed by atoms with E-state index in [1.54, 1.807) is 7.11 Å². The summed E-state index contributed by atoms with van der Waals surface area (Å²) in [6.07, 6.45) is 2.23. The highest BCUT2D eigenvalue weighted by molar-refractivity contribution is 5.56. The van der Waals surface area contributed by atoms with Crippen molar-refractivity contribution in [3.63, 3.8) is 0 Å². The van der Waals surface area contributed by atoms with Crippen LogP contribution < -0.4 is 4.74 Å². The van der Waals surface area contributed by atoms with Crippen molar-refractivity contribution in [1.82, 2.24) is 14.8 Å². The molecule has 1 aromatic heterocycles. The lowest BCUT2D eigenvalue weighted by molar-refractivity contribution is 0.411. The maximum atomic E-state index is 5.17. The van der Waals surface area contributed by atoms with Gasteiger partial charge in [0, 0.05) is 18.5 Å². The van der Waals surface area contributed by atoms with Crippen LogP contribution in [-0.4, -0.2) is 21.9 Å². The van der Waals surface area contributed by atoms with E-state index in [-0.39, 0.29) is 0 Å². The number of methoxy groups -OCH3 is 1. The predicted molar refractivity (Wildman–Crippen MR) is 69.5 cm³/mol. The minimum absolute atomic E-state index is 0.713. The third kappa shape index (κ3) is 1.88. The number of benzene rings is 1. The number of hydrogen-bond acceptors (Lipinski definition) is 3. The molecule has 94 valence electrons. The molecule has 1 unspecified atom stereocenters. The van der Waals surface area contributed by atoms with Crippen LogP contribution in [0.1, 0.15) is 19.2 Å². The number of ether oxygens (including phenoxy) is 1. The molecule has 4 heteroatoms. The van der Waals surface area contributed by atoms with Gasteiger partial charge in [0.25, 0.3) is 0 Å². The Labute approximate surface area is 107 Å². The Morgan fingerprint density at radius 3 is 2.72 bits per heavy atom. The van der Waals surface area contributed by atoms with Gasteiger partial charge in [-0.05, 0) is 36.6 Å². The third-order valence-electron chi connectivity index (χ3n) is 3.55. The summed E-state index contributed by atoms with van der Waals surface area (Å²) in [6, 6.07) is 7.99. The minimum atomic E-state index is 0.713. The fourth-order valence-electron chi connectivity index (χ4n) is 2.44. The maximum absolute atomic E-state index is 5.17. The van der Waals surface area contributed by atoms with E-state index in [4.69, 9.17) is 4.74 Å². The van der Waals surface area contributed by atoms with Gasteiger partial charge in [-0.25, -0.2) is 0 Å². The standard InChI is InChI=1S/C14H17N3O/c1-10-7-8-17-13(9-10)15-16-14(17)11-3-5-12(18-2)6-4-11/h3-6,10H,7-9H2,1-2H3. The fraction of sp³-hybridized carbons (Fsp3) is 0.429. The molecule has 2 heterocycles. The molecule has 2 aromatic rings. The first-order valence-corrected chi connectivity index (χ1v) is 6.34. The summed E-state index contributed by atoms with van der Waals surface area (Å²) in [5.41, 5.74) is 1.10. The van der Waals surface area contributed by atoms with Gasteiger partial charge in [-0.15, -0.1) is 10.2 Å². The Kier molecular flexibility index (Phi) is 2.78. The minimum Gasteiger partial charge on any atom is -0.497 e. The molecule has 1 aliphatic heterocycles. The van der Waals surface area contributed by atoms with Gasteiger partial charge in [0.1, 0.15) is 11.6 Å².